The van der Waals surface area contributed by atoms with Gasteiger partial charge in [0.05, 0.1) is 0 Å². The van der Waals surface area contributed by atoms with Crippen molar-refractivity contribution in [1.82, 2.24) is 19.7 Å². The SMILES string of the molecule is CC(C)c1cc(NC(=O)Cn2ccc(=O)[nH]c2=O)n[nH]1. The van der Waals surface area contributed by atoms with E-state index in [4.69, 9.17) is 0 Å². The summed E-state index contributed by atoms with van der Waals surface area (Å²) < 4.78 is 1.10. The lowest BCUT2D eigenvalue weighted by molar-refractivity contribution is -0.116. The minimum Gasteiger partial charge on any atom is -0.308 e. The van der Waals surface area contributed by atoms with E-state index in [1.807, 2.05) is 13.8 Å². The van der Waals surface area contributed by atoms with Crippen molar-refractivity contribution in [3.63, 3.8) is 0 Å². The fourth-order valence-corrected chi connectivity index (χ4v) is 1.60. The second-order valence-electron chi connectivity index (χ2n) is 4.65. The molecule has 8 heteroatoms. The van der Waals surface area contributed by atoms with Crippen LogP contribution in [0.25, 0.3) is 0 Å². The van der Waals surface area contributed by atoms with Crippen LogP contribution in [0.3, 0.4) is 0 Å². The third-order valence-electron chi connectivity index (χ3n) is 2.70. The van der Waals surface area contributed by atoms with Gasteiger partial charge in [-0.05, 0) is 5.92 Å². The maximum absolute atomic E-state index is 11.8. The Balaban J connectivity index is 2.05. The summed E-state index contributed by atoms with van der Waals surface area (Å²) >= 11 is 0. The normalized spacial score (nSPS) is 10.8. The van der Waals surface area contributed by atoms with E-state index in [0.29, 0.717) is 5.82 Å². The molecule has 20 heavy (non-hydrogen) atoms. The first-order valence-corrected chi connectivity index (χ1v) is 6.10. The molecule has 0 aliphatic carbocycles. The first kappa shape index (κ1) is 13.8. The van der Waals surface area contributed by atoms with Crippen LogP contribution in [0, 0.1) is 0 Å². The Morgan fingerprint density at radius 2 is 2.20 bits per heavy atom. The number of nitrogens with one attached hydrogen (secondary N) is 3. The molecule has 2 heterocycles. The number of hydrogen-bond donors (Lipinski definition) is 3. The number of anilines is 1. The molecule has 8 nitrogen and oxygen atoms in total. The molecule has 0 unspecified atom stereocenters. The van der Waals surface area contributed by atoms with Crippen molar-refractivity contribution < 1.29 is 4.79 Å². The molecule has 3 N–H and O–H groups in total. The van der Waals surface area contributed by atoms with Gasteiger partial charge in [0.1, 0.15) is 6.54 Å². The Bertz CT molecular complexity index is 725. The van der Waals surface area contributed by atoms with Gasteiger partial charge in [0.2, 0.25) is 5.91 Å². The highest BCUT2D eigenvalue weighted by atomic mass is 16.2. The van der Waals surface area contributed by atoms with Crippen LogP contribution in [0.4, 0.5) is 5.82 Å². The number of hydrogen-bond acceptors (Lipinski definition) is 4. The van der Waals surface area contributed by atoms with Crippen molar-refractivity contribution in [2.24, 2.45) is 0 Å². The predicted molar refractivity (Wildman–Crippen MR) is 72.6 cm³/mol. The molecule has 0 atom stereocenters. The smallest absolute Gasteiger partial charge is 0.308 e. The zero-order valence-electron chi connectivity index (χ0n) is 11.1. The van der Waals surface area contributed by atoms with Gasteiger partial charge in [0.25, 0.3) is 5.56 Å². The predicted octanol–water partition coefficient (Wildman–Crippen LogP) is 0.0218. The Kier molecular flexibility index (Phi) is 3.83. The van der Waals surface area contributed by atoms with Crippen molar-refractivity contribution in [3.05, 3.63) is 44.9 Å². The molecule has 0 fully saturated rings. The summed E-state index contributed by atoms with van der Waals surface area (Å²) in [6.07, 6.45) is 1.27. The number of aromatic amines is 2. The third kappa shape index (κ3) is 3.22. The quantitative estimate of drug-likeness (QED) is 0.731. The minimum atomic E-state index is -0.627. The number of carbonyl (C=O) groups excluding carboxylic acids is 1. The largest absolute Gasteiger partial charge is 0.328 e. The first-order chi connectivity index (χ1) is 9.45. The van der Waals surface area contributed by atoms with Gasteiger partial charge in [-0.15, -0.1) is 0 Å². The summed E-state index contributed by atoms with van der Waals surface area (Å²) in [6, 6.07) is 2.91. The van der Waals surface area contributed by atoms with Crippen LogP contribution in [-0.2, 0) is 11.3 Å². The number of aromatic nitrogens is 4. The fourth-order valence-electron chi connectivity index (χ4n) is 1.60. The van der Waals surface area contributed by atoms with Gasteiger partial charge in [-0.25, -0.2) is 4.79 Å². The van der Waals surface area contributed by atoms with Crippen molar-refractivity contribution in [1.29, 1.82) is 0 Å². The molecule has 0 aromatic carbocycles. The van der Waals surface area contributed by atoms with E-state index < -0.39 is 17.2 Å². The van der Waals surface area contributed by atoms with Crippen LogP contribution in [0.2, 0.25) is 0 Å². The monoisotopic (exact) mass is 277 g/mol. The van der Waals surface area contributed by atoms with Gasteiger partial charge in [0, 0.05) is 24.0 Å². The summed E-state index contributed by atoms with van der Waals surface area (Å²) in [5.74, 6) is 0.270. The van der Waals surface area contributed by atoms with Gasteiger partial charge >= 0.3 is 5.69 Å². The van der Waals surface area contributed by atoms with E-state index in [2.05, 4.69) is 20.5 Å². The molecule has 2 aromatic rings. The van der Waals surface area contributed by atoms with Crippen molar-refractivity contribution >= 4 is 11.7 Å². The number of nitrogens with zero attached hydrogens (tertiary/aromatic N) is 2. The van der Waals surface area contributed by atoms with Crippen molar-refractivity contribution in [2.75, 3.05) is 5.32 Å². The Labute approximate surface area is 113 Å². The topological polar surface area (TPSA) is 113 Å². The lowest BCUT2D eigenvalue weighted by atomic mass is 10.1. The zero-order valence-corrected chi connectivity index (χ0v) is 11.1. The van der Waals surface area contributed by atoms with Crippen molar-refractivity contribution in [2.45, 2.75) is 26.3 Å². The van der Waals surface area contributed by atoms with Crippen LogP contribution >= 0.6 is 0 Å². The number of H-pyrrole nitrogens is 2. The minimum absolute atomic E-state index is 0.195. The molecule has 2 rings (SSSR count). The van der Waals surface area contributed by atoms with E-state index >= 15 is 0 Å². The summed E-state index contributed by atoms with van der Waals surface area (Å²) in [5, 5.41) is 9.34. The molecule has 0 radical (unpaired) electrons. The van der Waals surface area contributed by atoms with Crippen LogP contribution in [0.5, 0.6) is 0 Å². The summed E-state index contributed by atoms with van der Waals surface area (Å²) in [7, 11) is 0. The van der Waals surface area contributed by atoms with Crippen molar-refractivity contribution in [3.8, 4) is 0 Å². The molecule has 0 aliphatic rings. The molecule has 1 amide bonds. The van der Waals surface area contributed by atoms with E-state index in [1.54, 1.807) is 6.07 Å². The maximum Gasteiger partial charge on any atom is 0.328 e. The number of amides is 1. The lowest BCUT2D eigenvalue weighted by Crippen LogP contribution is -2.32. The van der Waals surface area contributed by atoms with E-state index in [1.165, 1.54) is 12.3 Å². The molecule has 0 bridgehead atoms. The average molecular weight is 277 g/mol. The molecule has 0 saturated heterocycles. The summed E-state index contributed by atoms with van der Waals surface area (Å²) in [6.45, 7) is 3.80. The Hall–Kier alpha value is -2.64. The van der Waals surface area contributed by atoms with Gasteiger partial charge in [-0.3, -0.25) is 24.2 Å². The lowest BCUT2D eigenvalue weighted by Gasteiger charge is -2.04. The van der Waals surface area contributed by atoms with Gasteiger partial charge in [-0.1, -0.05) is 13.8 Å². The first-order valence-electron chi connectivity index (χ1n) is 6.10. The Morgan fingerprint density at radius 3 is 2.80 bits per heavy atom. The van der Waals surface area contributed by atoms with Crippen LogP contribution in [0.15, 0.2) is 27.9 Å². The maximum atomic E-state index is 11.8. The van der Waals surface area contributed by atoms with Crippen LogP contribution in [0.1, 0.15) is 25.5 Å². The Morgan fingerprint density at radius 1 is 1.45 bits per heavy atom. The highest BCUT2D eigenvalue weighted by Crippen LogP contribution is 2.14. The van der Waals surface area contributed by atoms with Crippen LogP contribution < -0.4 is 16.6 Å². The van der Waals surface area contributed by atoms with Gasteiger partial charge in [-0.2, -0.15) is 5.10 Å². The average Bonchev–Trinajstić information content (AvgIpc) is 2.81. The standard InChI is InChI=1S/C12H15N5O3/c1-7(2)8-5-9(16-15-8)13-11(19)6-17-4-3-10(18)14-12(17)20/h3-5,7H,6H2,1-2H3,(H,14,18,20)(H2,13,15,16,19). The molecular weight excluding hydrogens is 262 g/mol. The second-order valence-corrected chi connectivity index (χ2v) is 4.65. The second kappa shape index (κ2) is 5.55. The van der Waals surface area contributed by atoms with E-state index in [0.717, 1.165) is 10.3 Å². The fraction of sp³-hybridized carbons (Fsp3) is 0.333. The van der Waals surface area contributed by atoms with Crippen LogP contribution in [-0.4, -0.2) is 25.7 Å². The number of carbonyl (C=O) groups is 1. The highest BCUT2D eigenvalue weighted by molar-refractivity contribution is 5.89. The molecule has 0 aliphatic heterocycles. The molecular formula is C12H15N5O3. The molecule has 0 spiro atoms. The highest BCUT2D eigenvalue weighted by Gasteiger charge is 2.09. The van der Waals surface area contributed by atoms with E-state index in [9.17, 15) is 14.4 Å². The van der Waals surface area contributed by atoms with Gasteiger partial charge < -0.3 is 5.32 Å². The van der Waals surface area contributed by atoms with Gasteiger partial charge in [0.15, 0.2) is 5.82 Å². The molecule has 2 aromatic heterocycles. The summed E-state index contributed by atoms with van der Waals surface area (Å²) in [5.41, 5.74) is -0.223. The molecule has 106 valence electrons. The zero-order chi connectivity index (χ0) is 14.7. The van der Waals surface area contributed by atoms with E-state index in [-0.39, 0.29) is 12.5 Å². The number of rotatable bonds is 4. The third-order valence-corrected chi connectivity index (χ3v) is 2.70. The summed E-state index contributed by atoms with van der Waals surface area (Å²) in [4.78, 5) is 36.2. The molecule has 0 saturated carbocycles.